The van der Waals surface area contributed by atoms with E-state index in [2.05, 4.69) is 16.1 Å². The third-order valence-corrected chi connectivity index (χ3v) is 7.02. The van der Waals surface area contributed by atoms with Crippen LogP contribution < -0.4 is 14.2 Å². The first kappa shape index (κ1) is 19.7. The lowest BCUT2D eigenvalue weighted by molar-refractivity contribution is -0.122. The number of hydrogen-bond donors (Lipinski definition) is 0. The molecule has 3 unspecified atom stereocenters. The molecule has 31 heavy (non-hydrogen) atoms. The van der Waals surface area contributed by atoms with Crippen molar-refractivity contribution in [2.45, 2.75) is 24.8 Å². The van der Waals surface area contributed by atoms with Crippen LogP contribution in [0.25, 0.3) is 0 Å². The van der Waals surface area contributed by atoms with Gasteiger partial charge in [0.15, 0.2) is 11.5 Å². The van der Waals surface area contributed by atoms with Crippen molar-refractivity contribution in [3.05, 3.63) is 46.4 Å². The fraction of sp³-hybridized carbons (Fsp3) is 0.364. The van der Waals surface area contributed by atoms with Gasteiger partial charge in [-0.1, -0.05) is 6.07 Å². The number of hydrogen-bond acceptors (Lipinski definition) is 8. The molecule has 160 valence electrons. The standard InChI is InChI=1S/C22H22N4O4S/c1-28-16-7-6-13(20(29-2)21(16)30-3)19-18-14(25-22-23-11-24-26(19)22)9-12(10-15(18)27)17-5-4-8-31-17/h4-8,11-12,18-19H,9-10H2,1-3H3. The summed E-state index contributed by atoms with van der Waals surface area (Å²) in [6.45, 7) is 0. The molecule has 2 aromatic heterocycles. The highest BCUT2D eigenvalue weighted by atomic mass is 32.1. The molecule has 1 saturated carbocycles. The fourth-order valence-electron chi connectivity index (χ4n) is 4.66. The smallest absolute Gasteiger partial charge is 0.248 e. The lowest BCUT2D eigenvalue weighted by Crippen LogP contribution is -2.41. The van der Waals surface area contributed by atoms with Gasteiger partial charge in [-0.3, -0.25) is 4.79 Å². The Morgan fingerprint density at radius 2 is 1.90 bits per heavy atom. The maximum absolute atomic E-state index is 13.5. The average molecular weight is 439 g/mol. The summed E-state index contributed by atoms with van der Waals surface area (Å²) in [5, 5.41) is 6.45. The van der Waals surface area contributed by atoms with Crippen LogP contribution in [0.1, 0.15) is 35.2 Å². The molecule has 0 amide bonds. The second kappa shape index (κ2) is 7.81. The molecule has 3 atom stereocenters. The van der Waals surface area contributed by atoms with Crippen LogP contribution in [0.15, 0.2) is 41.0 Å². The van der Waals surface area contributed by atoms with Gasteiger partial charge in [0.2, 0.25) is 11.7 Å². The Morgan fingerprint density at radius 1 is 1.06 bits per heavy atom. The quantitative estimate of drug-likeness (QED) is 0.602. The maximum atomic E-state index is 13.5. The third kappa shape index (κ3) is 3.11. The van der Waals surface area contributed by atoms with E-state index in [0.717, 1.165) is 17.7 Å². The number of ether oxygens (including phenoxy) is 3. The molecule has 0 bridgehead atoms. The summed E-state index contributed by atoms with van der Waals surface area (Å²) in [6.07, 6.45) is 2.66. The number of ketones is 1. The number of Topliss-reactive ketones (excluding diaryl/α,β-unsaturated/α-hetero) is 1. The molecule has 0 N–H and O–H groups in total. The van der Waals surface area contributed by atoms with E-state index in [-0.39, 0.29) is 11.7 Å². The topological polar surface area (TPSA) is 87.8 Å². The van der Waals surface area contributed by atoms with Crippen LogP contribution in [-0.2, 0) is 4.79 Å². The van der Waals surface area contributed by atoms with Gasteiger partial charge in [-0.25, -0.2) is 9.67 Å². The van der Waals surface area contributed by atoms with Gasteiger partial charge in [-0.05, 0) is 30.0 Å². The van der Waals surface area contributed by atoms with Gasteiger partial charge in [-0.15, -0.1) is 11.3 Å². The molecule has 0 spiro atoms. The van der Waals surface area contributed by atoms with E-state index >= 15 is 0 Å². The number of methoxy groups -OCH3 is 3. The van der Waals surface area contributed by atoms with Gasteiger partial charge in [-0.2, -0.15) is 10.1 Å². The zero-order valence-corrected chi connectivity index (χ0v) is 18.3. The number of thiophene rings is 1. The van der Waals surface area contributed by atoms with Gasteiger partial charge in [0.1, 0.15) is 12.1 Å². The average Bonchev–Trinajstić information content (AvgIpc) is 3.48. The van der Waals surface area contributed by atoms with E-state index in [1.165, 1.54) is 11.2 Å². The first-order valence-electron chi connectivity index (χ1n) is 9.98. The molecule has 1 aromatic carbocycles. The minimum atomic E-state index is -0.433. The van der Waals surface area contributed by atoms with Crippen LogP contribution in [0.4, 0.5) is 5.95 Å². The molecule has 2 aliphatic rings. The lowest BCUT2D eigenvalue weighted by Gasteiger charge is -2.37. The predicted octanol–water partition coefficient (Wildman–Crippen LogP) is 3.80. The Morgan fingerprint density at radius 3 is 2.61 bits per heavy atom. The summed E-state index contributed by atoms with van der Waals surface area (Å²) in [7, 11) is 4.72. The normalized spacial score (nSPS) is 22.4. The Bertz CT molecular complexity index is 1150. The van der Waals surface area contributed by atoms with E-state index in [0.29, 0.717) is 29.6 Å². The number of aliphatic imine (C=N–C) groups is 1. The van der Waals surface area contributed by atoms with Crippen molar-refractivity contribution in [2.24, 2.45) is 10.9 Å². The summed E-state index contributed by atoms with van der Waals surface area (Å²) >= 11 is 1.68. The number of carbonyl (C=O) groups excluding carboxylic acids is 1. The second-order valence-electron chi connectivity index (χ2n) is 7.54. The number of rotatable bonds is 5. The largest absolute Gasteiger partial charge is 0.493 e. The van der Waals surface area contributed by atoms with Crippen molar-refractivity contribution >= 4 is 28.8 Å². The van der Waals surface area contributed by atoms with Crippen LogP contribution >= 0.6 is 11.3 Å². The fourth-order valence-corrected chi connectivity index (χ4v) is 5.49. The van der Waals surface area contributed by atoms with E-state index in [1.807, 2.05) is 23.6 Å². The molecule has 1 aliphatic heterocycles. The molecule has 1 fully saturated rings. The van der Waals surface area contributed by atoms with Crippen molar-refractivity contribution in [3.63, 3.8) is 0 Å². The second-order valence-corrected chi connectivity index (χ2v) is 8.52. The molecular weight excluding hydrogens is 416 g/mol. The van der Waals surface area contributed by atoms with Crippen LogP contribution in [-0.4, -0.2) is 47.6 Å². The van der Waals surface area contributed by atoms with Crippen molar-refractivity contribution < 1.29 is 19.0 Å². The van der Waals surface area contributed by atoms with E-state index in [9.17, 15) is 4.79 Å². The highest BCUT2D eigenvalue weighted by Gasteiger charge is 2.46. The zero-order chi connectivity index (χ0) is 21.5. The van der Waals surface area contributed by atoms with Crippen molar-refractivity contribution in [2.75, 3.05) is 21.3 Å². The Labute approximate surface area is 183 Å². The first-order valence-corrected chi connectivity index (χ1v) is 10.9. The van der Waals surface area contributed by atoms with E-state index in [4.69, 9.17) is 19.2 Å². The maximum Gasteiger partial charge on any atom is 0.248 e. The molecule has 8 nitrogen and oxygen atoms in total. The van der Waals surface area contributed by atoms with Crippen LogP contribution in [0.5, 0.6) is 17.2 Å². The Kier molecular flexibility index (Phi) is 4.97. The third-order valence-electron chi connectivity index (χ3n) is 5.98. The molecule has 0 saturated heterocycles. The number of aromatic nitrogens is 3. The molecule has 3 heterocycles. The zero-order valence-electron chi connectivity index (χ0n) is 17.4. The molecule has 3 aromatic rings. The summed E-state index contributed by atoms with van der Waals surface area (Å²) in [5.41, 5.74) is 1.63. The Hall–Kier alpha value is -3.20. The highest BCUT2D eigenvalue weighted by Crippen LogP contribution is 2.49. The van der Waals surface area contributed by atoms with Gasteiger partial charge < -0.3 is 14.2 Å². The number of benzene rings is 1. The minimum absolute atomic E-state index is 0.143. The SMILES string of the molecule is COc1ccc(C2C3C(=O)CC(c4cccs4)CC3=Nc3ncnn32)c(OC)c1OC. The minimum Gasteiger partial charge on any atom is -0.493 e. The lowest BCUT2D eigenvalue weighted by atomic mass is 9.73. The molecular formula is C22H22N4O4S. The summed E-state index contributed by atoms with van der Waals surface area (Å²) in [6, 6.07) is 7.41. The van der Waals surface area contributed by atoms with Gasteiger partial charge in [0.05, 0.1) is 33.3 Å². The summed E-state index contributed by atoms with van der Waals surface area (Å²) < 4.78 is 18.5. The summed E-state index contributed by atoms with van der Waals surface area (Å²) in [5.74, 6) is 1.90. The van der Waals surface area contributed by atoms with Crippen LogP contribution in [0, 0.1) is 5.92 Å². The molecule has 5 rings (SSSR count). The van der Waals surface area contributed by atoms with Gasteiger partial charge >= 0.3 is 0 Å². The molecule has 1 aliphatic carbocycles. The Balaban J connectivity index is 1.64. The number of carbonyl (C=O) groups is 1. The van der Waals surface area contributed by atoms with Gasteiger partial charge in [0.25, 0.3) is 0 Å². The van der Waals surface area contributed by atoms with E-state index in [1.54, 1.807) is 37.3 Å². The molecule has 9 heteroatoms. The van der Waals surface area contributed by atoms with Crippen molar-refractivity contribution in [3.8, 4) is 17.2 Å². The van der Waals surface area contributed by atoms with E-state index < -0.39 is 12.0 Å². The molecule has 0 radical (unpaired) electrons. The number of nitrogens with zero attached hydrogens (tertiary/aromatic N) is 4. The van der Waals surface area contributed by atoms with Crippen molar-refractivity contribution in [1.29, 1.82) is 0 Å². The summed E-state index contributed by atoms with van der Waals surface area (Å²) in [4.78, 5) is 23.8. The van der Waals surface area contributed by atoms with Crippen LogP contribution in [0.3, 0.4) is 0 Å². The predicted molar refractivity (Wildman–Crippen MR) is 116 cm³/mol. The van der Waals surface area contributed by atoms with Crippen LogP contribution in [0.2, 0.25) is 0 Å². The highest BCUT2D eigenvalue weighted by molar-refractivity contribution is 7.10. The van der Waals surface area contributed by atoms with Gasteiger partial charge in [0, 0.05) is 28.5 Å². The van der Waals surface area contributed by atoms with Crippen molar-refractivity contribution in [1.82, 2.24) is 14.8 Å². The number of fused-ring (bicyclic) bond motifs is 2. The monoisotopic (exact) mass is 438 g/mol. The first-order chi connectivity index (χ1) is 15.2.